The lowest BCUT2D eigenvalue weighted by atomic mass is 10.2. The molecule has 1 aromatic heterocycles. The minimum absolute atomic E-state index is 0.239. The van der Waals surface area contributed by atoms with Crippen LogP contribution >= 0.6 is 34.7 Å². The molecular formula is C15H10ClNO2S2. The molecule has 6 heteroatoms. The van der Waals surface area contributed by atoms with E-state index < -0.39 is 0 Å². The first kappa shape index (κ1) is 14.4. The highest BCUT2D eigenvalue weighted by Gasteiger charge is 2.34. The molecule has 2 heterocycles. The Hall–Kier alpha value is -1.56. The minimum atomic E-state index is -0.244. The predicted octanol–water partition coefficient (Wildman–Crippen LogP) is 4.64. The number of benzene rings is 1. The Kier molecular flexibility index (Phi) is 4.14. The van der Waals surface area contributed by atoms with Crippen molar-refractivity contribution in [3.8, 4) is 0 Å². The number of nitrogens with zero attached hydrogens (tertiary/aromatic N) is 1. The van der Waals surface area contributed by atoms with Crippen LogP contribution in [0.1, 0.15) is 11.1 Å². The van der Waals surface area contributed by atoms with Crippen LogP contribution in [0.5, 0.6) is 0 Å². The molecule has 106 valence electrons. The van der Waals surface area contributed by atoms with Gasteiger partial charge in [-0.15, -0.1) is 0 Å². The van der Waals surface area contributed by atoms with E-state index in [0.29, 0.717) is 9.93 Å². The number of carbonyl (C=O) groups is 2. The first-order valence-electron chi connectivity index (χ1n) is 6.15. The first-order valence-corrected chi connectivity index (χ1v) is 8.29. The van der Waals surface area contributed by atoms with E-state index in [-0.39, 0.29) is 17.7 Å². The lowest BCUT2D eigenvalue weighted by molar-refractivity contribution is -0.123. The highest BCUT2D eigenvalue weighted by Crippen LogP contribution is 2.33. The molecule has 2 aromatic rings. The van der Waals surface area contributed by atoms with Crippen LogP contribution in [0.15, 0.2) is 46.0 Å². The summed E-state index contributed by atoms with van der Waals surface area (Å²) in [7, 11) is 0. The van der Waals surface area contributed by atoms with Crippen molar-refractivity contribution in [2.45, 2.75) is 6.54 Å². The van der Waals surface area contributed by atoms with Gasteiger partial charge in [0.2, 0.25) is 0 Å². The van der Waals surface area contributed by atoms with Gasteiger partial charge in [-0.05, 0) is 57.9 Å². The molecule has 21 heavy (non-hydrogen) atoms. The largest absolute Gasteiger partial charge is 0.293 e. The fourth-order valence-corrected chi connectivity index (χ4v) is 3.50. The molecule has 0 N–H and O–H groups in total. The molecule has 1 aromatic carbocycles. The first-order chi connectivity index (χ1) is 10.1. The van der Waals surface area contributed by atoms with Crippen molar-refractivity contribution in [1.82, 2.24) is 4.90 Å². The Bertz CT molecular complexity index is 708. The molecule has 2 amide bonds. The maximum absolute atomic E-state index is 12.3. The number of imide groups is 1. The van der Waals surface area contributed by atoms with E-state index in [2.05, 4.69) is 0 Å². The van der Waals surface area contributed by atoms with Crippen LogP contribution < -0.4 is 0 Å². The summed E-state index contributed by atoms with van der Waals surface area (Å²) < 4.78 is 0. The topological polar surface area (TPSA) is 37.4 Å². The molecule has 3 rings (SSSR count). The van der Waals surface area contributed by atoms with Crippen LogP contribution in [0.3, 0.4) is 0 Å². The molecular weight excluding hydrogens is 326 g/mol. The van der Waals surface area contributed by atoms with Crippen molar-refractivity contribution in [1.29, 1.82) is 0 Å². The lowest BCUT2D eigenvalue weighted by Gasteiger charge is -2.12. The zero-order chi connectivity index (χ0) is 14.8. The normalized spacial score (nSPS) is 17.0. The molecule has 0 spiro atoms. The third kappa shape index (κ3) is 3.20. The summed E-state index contributed by atoms with van der Waals surface area (Å²) in [4.78, 5) is 26.0. The number of hydrogen-bond acceptors (Lipinski definition) is 4. The van der Waals surface area contributed by atoms with Crippen LogP contribution in [0, 0.1) is 0 Å². The van der Waals surface area contributed by atoms with Gasteiger partial charge >= 0.3 is 0 Å². The zero-order valence-electron chi connectivity index (χ0n) is 10.8. The average Bonchev–Trinajstić information content (AvgIpc) is 3.06. The van der Waals surface area contributed by atoms with Gasteiger partial charge in [-0.25, -0.2) is 0 Å². The molecule has 0 radical (unpaired) electrons. The highest BCUT2D eigenvalue weighted by atomic mass is 35.5. The maximum atomic E-state index is 12.3. The van der Waals surface area contributed by atoms with E-state index in [1.54, 1.807) is 29.5 Å². The van der Waals surface area contributed by atoms with E-state index >= 15 is 0 Å². The summed E-state index contributed by atoms with van der Waals surface area (Å²) in [6.45, 7) is 0.267. The predicted molar refractivity (Wildman–Crippen MR) is 87.3 cm³/mol. The van der Waals surface area contributed by atoms with Crippen molar-refractivity contribution < 1.29 is 9.59 Å². The number of halogens is 1. The van der Waals surface area contributed by atoms with Crippen LogP contribution in [-0.4, -0.2) is 16.0 Å². The quantitative estimate of drug-likeness (QED) is 0.767. The monoisotopic (exact) mass is 335 g/mol. The summed E-state index contributed by atoms with van der Waals surface area (Å²) in [6, 6.07) is 9.04. The molecule has 1 fully saturated rings. The molecule has 0 aliphatic carbocycles. The molecule has 1 aliphatic heterocycles. The molecule has 1 saturated heterocycles. The number of hydrogen-bond donors (Lipinski definition) is 0. The Morgan fingerprint density at radius 1 is 1.14 bits per heavy atom. The Balaban J connectivity index is 1.79. The van der Waals surface area contributed by atoms with Crippen LogP contribution in [0.2, 0.25) is 5.02 Å². The van der Waals surface area contributed by atoms with Gasteiger partial charge in [0.05, 0.1) is 11.4 Å². The van der Waals surface area contributed by atoms with Crippen molar-refractivity contribution >= 4 is 51.9 Å². The van der Waals surface area contributed by atoms with Gasteiger partial charge in [0.15, 0.2) is 0 Å². The summed E-state index contributed by atoms with van der Waals surface area (Å²) in [5.41, 5.74) is 1.82. The van der Waals surface area contributed by atoms with Gasteiger partial charge < -0.3 is 0 Å². The second kappa shape index (κ2) is 6.05. The summed E-state index contributed by atoms with van der Waals surface area (Å²) >= 11 is 8.36. The van der Waals surface area contributed by atoms with Crippen molar-refractivity contribution in [2.24, 2.45) is 0 Å². The maximum Gasteiger partial charge on any atom is 0.293 e. The van der Waals surface area contributed by atoms with Gasteiger partial charge in [-0.2, -0.15) is 11.3 Å². The van der Waals surface area contributed by atoms with E-state index in [1.165, 1.54) is 4.90 Å². The van der Waals surface area contributed by atoms with Gasteiger partial charge in [0.1, 0.15) is 0 Å². The van der Waals surface area contributed by atoms with Gasteiger partial charge in [-0.1, -0.05) is 23.7 Å². The van der Waals surface area contributed by atoms with Crippen molar-refractivity contribution in [3.05, 3.63) is 62.1 Å². The second-order valence-corrected chi connectivity index (χ2v) is 6.66. The third-order valence-corrected chi connectivity index (χ3v) is 4.83. The zero-order valence-corrected chi connectivity index (χ0v) is 13.2. The van der Waals surface area contributed by atoms with Crippen LogP contribution in [-0.2, 0) is 11.3 Å². The molecule has 0 unspecified atom stereocenters. The van der Waals surface area contributed by atoms with Gasteiger partial charge in [0, 0.05) is 5.02 Å². The van der Waals surface area contributed by atoms with Crippen LogP contribution in [0.4, 0.5) is 4.79 Å². The van der Waals surface area contributed by atoms with Gasteiger partial charge in [-0.3, -0.25) is 14.5 Å². The number of thioether (sulfide) groups is 1. The van der Waals surface area contributed by atoms with E-state index in [4.69, 9.17) is 11.6 Å². The molecule has 0 atom stereocenters. The summed E-state index contributed by atoms with van der Waals surface area (Å²) in [6.07, 6.45) is 1.75. The fraction of sp³-hybridized carbons (Fsp3) is 0.0667. The van der Waals surface area contributed by atoms with E-state index in [1.807, 2.05) is 29.0 Å². The SMILES string of the molecule is O=C1S/C(=C\c2ccsc2)C(=O)N1Cc1ccc(Cl)cc1. The smallest absolute Gasteiger partial charge is 0.268 e. The summed E-state index contributed by atoms with van der Waals surface area (Å²) in [5.74, 6) is -0.244. The van der Waals surface area contributed by atoms with Crippen molar-refractivity contribution in [2.75, 3.05) is 0 Å². The number of amides is 2. The number of rotatable bonds is 3. The molecule has 1 aliphatic rings. The number of carbonyl (C=O) groups excluding carboxylic acids is 2. The van der Waals surface area contributed by atoms with E-state index in [9.17, 15) is 9.59 Å². The Labute approximate surface area is 135 Å². The number of thiophene rings is 1. The second-order valence-electron chi connectivity index (χ2n) is 4.45. The standard InChI is InChI=1S/C15H10ClNO2S2/c16-12-3-1-10(2-4-12)8-17-14(18)13(21-15(17)19)7-11-5-6-20-9-11/h1-7,9H,8H2/b13-7-. The van der Waals surface area contributed by atoms with Crippen LogP contribution in [0.25, 0.3) is 6.08 Å². The molecule has 0 bridgehead atoms. The minimum Gasteiger partial charge on any atom is -0.268 e. The average molecular weight is 336 g/mol. The summed E-state index contributed by atoms with van der Waals surface area (Å²) in [5, 5.41) is 4.26. The fourth-order valence-electron chi connectivity index (χ4n) is 1.92. The third-order valence-electron chi connectivity index (χ3n) is 2.97. The molecule has 3 nitrogen and oxygen atoms in total. The lowest BCUT2D eigenvalue weighted by Crippen LogP contribution is -2.27. The van der Waals surface area contributed by atoms with Crippen molar-refractivity contribution in [3.63, 3.8) is 0 Å². The Morgan fingerprint density at radius 2 is 1.90 bits per heavy atom. The van der Waals surface area contributed by atoms with E-state index in [0.717, 1.165) is 22.9 Å². The Morgan fingerprint density at radius 3 is 2.57 bits per heavy atom. The molecule has 0 saturated carbocycles. The highest BCUT2D eigenvalue weighted by molar-refractivity contribution is 8.18. The van der Waals surface area contributed by atoms with Gasteiger partial charge in [0.25, 0.3) is 11.1 Å².